The number of fused-ring (bicyclic) bond motifs is 3. The third kappa shape index (κ3) is 4.68. The van der Waals surface area contributed by atoms with Gasteiger partial charge in [-0.15, -0.1) is 0 Å². The first-order chi connectivity index (χ1) is 15.1. The number of H-pyrrole nitrogens is 1. The molecule has 0 saturated carbocycles. The molecule has 4 aromatic rings. The maximum Gasteiger partial charge on any atom is 0.246 e. The lowest BCUT2D eigenvalue weighted by Gasteiger charge is -2.26. The SMILES string of the molecule is C[C@](O)(NCCOc1ccc2c(c1)[nH]c1ccccc12)c1ccc(N(Cl)S(C)(=O)=O)cc1. The first-order valence-electron chi connectivity index (χ1n) is 10.0. The second kappa shape index (κ2) is 8.63. The summed E-state index contributed by atoms with van der Waals surface area (Å²) < 4.78 is 29.6. The van der Waals surface area contributed by atoms with Gasteiger partial charge in [-0.25, -0.2) is 8.42 Å². The highest BCUT2D eigenvalue weighted by Crippen LogP contribution is 2.28. The normalized spacial score (nSPS) is 13.9. The van der Waals surface area contributed by atoms with Gasteiger partial charge in [0.2, 0.25) is 10.0 Å². The second-order valence-corrected chi connectivity index (χ2v) is 10.1. The van der Waals surface area contributed by atoms with Gasteiger partial charge in [0.1, 0.15) is 18.1 Å². The molecule has 9 heteroatoms. The molecule has 0 unspecified atom stereocenters. The van der Waals surface area contributed by atoms with Gasteiger partial charge in [-0.1, -0.05) is 30.3 Å². The molecule has 3 N–H and O–H groups in total. The van der Waals surface area contributed by atoms with Crippen LogP contribution < -0.4 is 13.9 Å². The van der Waals surface area contributed by atoms with Gasteiger partial charge in [0.25, 0.3) is 0 Å². The van der Waals surface area contributed by atoms with Crippen molar-refractivity contribution >= 4 is 49.3 Å². The fourth-order valence-electron chi connectivity index (χ4n) is 3.58. The minimum Gasteiger partial charge on any atom is -0.492 e. The summed E-state index contributed by atoms with van der Waals surface area (Å²) in [5.41, 5.74) is 1.62. The lowest BCUT2D eigenvalue weighted by atomic mass is 10.0. The summed E-state index contributed by atoms with van der Waals surface area (Å²) in [5, 5.41) is 16.1. The summed E-state index contributed by atoms with van der Waals surface area (Å²) in [7, 11) is -3.57. The van der Waals surface area contributed by atoms with Crippen molar-refractivity contribution < 1.29 is 18.3 Å². The van der Waals surface area contributed by atoms with Gasteiger partial charge in [-0.3, -0.25) is 5.32 Å². The van der Waals surface area contributed by atoms with Crippen LogP contribution in [0.2, 0.25) is 0 Å². The number of nitrogens with one attached hydrogen (secondary N) is 2. The Hall–Kier alpha value is -2.78. The highest BCUT2D eigenvalue weighted by molar-refractivity contribution is 7.93. The zero-order valence-corrected chi connectivity index (χ0v) is 19.2. The van der Waals surface area contributed by atoms with E-state index in [-0.39, 0.29) is 0 Å². The molecule has 0 amide bonds. The third-order valence-electron chi connectivity index (χ3n) is 5.24. The summed E-state index contributed by atoms with van der Waals surface area (Å²) in [4.78, 5) is 3.39. The number of nitrogens with zero attached hydrogens (tertiary/aromatic N) is 1. The molecule has 0 fully saturated rings. The largest absolute Gasteiger partial charge is 0.492 e. The van der Waals surface area contributed by atoms with Crippen LogP contribution in [0.1, 0.15) is 12.5 Å². The van der Waals surface area contributed by atoms with Crippen LogP contribution in [-0.4, -0.2) is 37.9 Å². The van der Waals surface area contributed by atoms with Gasteiger partial charge in [-0.05, 0) is 42.8 Å². The quantitative estimate of drug-likeness (QED) is 0.204. The van der Waals surface area contributed by atoms with E-state index in [1.807, 2.05) is 36.4 Å². The van der Waals surface area contributed by atoms with Crippen LogP contribution in [0.3, 0.4) is 0 Å². The first-order valence-corrected chi connectivity index (χ1v) is 12.2. The molecular weight excluding hydrogens is 450 g/mol. The van der Waals surface area contributed by atoms with Crippen molar-refractivity contribution in [1.82, 2.24) is 10.3 Å². The number of hydrogen-bond donors (Lipinski definition) is 3. The Morgan fingerprint density at radius 3 is 2.47 bits per heavy atom. The van der Waals surface area contributed by atoms with Crippen molar-refractivity contribution in [2.75, 3.05) is 23.2 Å². The van der Waals surface area contributed by atoms with Crippen LogP contribution in [0.5, 0.6) is 5.75 Å². The molecule has 0 spiro atoms. The average Bonchev–Trinajstić information content (AvgIpc) is 3.13. The predicted octanol–water partition coefficient (Wildman–Crippen LogP) is 4.07. The number of benzene rings is 3. The fraction of sp³-hybridized carbons (Fsp3) is 0.217. The lowest BCUT2D eigenvalue weighted by molar-refractivity contribution is 0.0169. The maximum absolute atomic E-state index is 11.5. The van der Waals surface area contributed by atoms with E-state index >= 15 is 0 Å². The van der Waals surface area contributed by atoms with Crippen LogP contribution in [-0.2, 0) is 15.7 Å². The van der Waals surface area contributed by atoms with Gasteiger partial charge in [-0.2, -0.15) is 3.82 Å². The van der Waals surface area contributed by atoms with Crippen LogP contribution in [0.25, 0.3) is 21.8 Å². The Kier molecular flexibility index (Phi) is 6.05. The Bertz CT molecular complexity index is 1350. The van der Waals surface area contributed by atoms with Crippen molar-refractivity contribution in [2.45, 2.75) is 12.6 Å². The molecule has 0 saturated heterocycles. The topological polar surface area (TPSA) is 94.7 Å². The van der Waals surface area contributed by atoms with Gasteiger partial charge in [0.15, 0.2) is 0 Å². The summed E-state index contributed by atoms with van der Waals surface area (Å²) in [6, 6.07) is 20.4. The summed E-state index contributed by atoms with van der Waals surface area (Å²) >= 11 is 5.82. The monoisotopic (exact) mass is 473 g/mol. The number of halogens is 1. The first kappa shape index (κ1) is 22.4. The highest BCUT2D eigenvalue weighted by atomic mass is 35.5. The van der Waals surface area contributed by atoms with Crippen LogP contribution in [0.4, 0.5) is 5.69 Å². The standard InChI is InChI=1S/C23H24ClN3O4S/c1-23(28,16-7-9-17(10-8-16)27(24)32(2,29)30)25-13-14-31-18-11-12-20-19-5-3-4-6-21(19)26-22(20)15-18/h3-12,15,25-26,28H,13-14H2,1-2H3/t23-/m1/s1. The number of aliphatic hydroxyl groups is 1. The number of ether oxygens (including phenoxy) is 1. The molecule has 1 heterocycles. The molecular formula is C23H24ClN3O4S. The second-order valence-electron chi connectivity index (χ2n) is 7.75. The zero-order valence-electron chi connectivity index (χ0n) is 17.7. The molecule has 1 aromatic heterocycles. The maximum atomic E-state index is 11.5. The Morgan fingerprint density at radius 2 is 1.75 bits per heavy atom. The van der Waals surface area contributed by atoms with Crippen LogP contribution in [0, 0.1) is 0 Å². The molecule has 7 nitrogen and oxygen atoms in total. The molecule has 3 aromatic carbocycles. The van der Waals surface area contributed by atoms with Gasteiger partial charge in [0, 0.05) is 40.7 Å². The minimum absolute atomic E-state index is 0.296. The Balaban J connectivity index is 1.36. The van der Waals surface area contributed by atoms with E-state index in [1.54, 1.807) is 19.1 Å². The molecule has 0 aliphatic heterocycles. The predicted molar refractivity (Wildman–Crippen MR) is 128 cm³/mol. The van der Waals surface area contributed by atoms with E-state index in [0.29, 0.717) is 28.2 Å². The fourth-order valence-corrected chi connectivity index (χ4v) is 4.20. The summed E-state index contributed by atoms with van der Waals surface area (Å²) in [6.45, 7) is 2.36. The number of sulfonamides is 1. The van der Waals surface area contributed by atoms with Crippen LogP contribution >= 0.6 is 11.8 Å². The van der Waals surface area contributed by atoms with Gasteiger partial charge in [0.05, 0.1) is 17.5 Å². The minimum atomic E-state index is -3.57. The molecule has 0 bridgehead atoms. The number of hydrogen-bond acceptors (Lipinski definition) is 5. The van der Waals surface area contributed by atoms with Crippen molar-refractivity contribution in [1.29, 1.82) is 0 Å². The van der Waals surface area contributed by atoms with Crippen LogP contribution in [0.15, 0.2) is 66.7 Å². The van der Waals surface area contributed by atoms with E-state index in [2.05, 4.69) is 16.4 Å². The number of aromatic nitrogens is 1. The number of aromatic amines is 1. The number of anilines is 1. The van der Waals surface area contributed by atoms with E-state index in [1.165, 1.54) is 17.5 Å². The Morgan fingerprint density at radius 1 is 1.06 bits per heavy atom. The lowest BCUT2D eigenvalue weighted by Crippen LogP contribution is -2.41. The molecule has 32 heavy (non-hydrogen) atoms. The average molecular weight is 474 g/mol. The summed E-state index contributed by atoms with van der Waals surface area (Å²) in [6.07, 6.45) is 1.02. The van der Waals surface area contributed by atoms with Crippen molar-refractivity contribution in [2.24, 2.45) is 0 Å². The molecule has 4 rings (SSSR count). The highest BCUT2D eigenvalue weighted by Gasteiger charge is 2.23. The molecule has 0 aliphatic carbocycles. The third-order valence-corrected chi connectivity index (χ3v) is 6.98. The smallest absolute Gasteiger partial charge is 0.246 e. The van der Waals surface area contributed by atoms with Gasteiger partial charge >= 0.3 is 0 Å². The molecule has 0 radical (unpaired) electrons. The number of para-hydroxylation sites is 1. The van der Waals surface area contributed by atoms with E-state index in [0.717, 1.165) is 28.4 Å². The Labute approximate surface area is 191 Å². The number of rotatable bonds is 8. The summed E-state index contributed by atoms with van der Waals surface area (Å²) in [5.74, 6) is 0.734. The van der Waals surface area contributed by atoms with E-state index in [4.69, 9.17) is 16.5 Å². The van der Waals surface area contributed by atoms with Crippen molar-refractivity contribution in [3.05, 3.63) is 72.3 Å². The molecule has 1 atom stereocenters. The van der Waals surface area contributed by atoms with Gasteiger partial charge < -0.3 is 14.8 Å². The van der Waals surface area contributed by atoms with Crippen molar-refractivity contribution in [3.63, 3.8) is 0 Å². The molecule has 168 valence electrons. The van der Waals surface area contributed by atoms with E-state index in [9.17, 15) is 13.5 Å². The van der Waals surface area contributed by atoms with Crippen molar-refractivity contribution in [3.8, 4) is 5.75 Å². The zero-order chi connectivity index (χ0) is 22.9. The van der Waals surface area contributed by atoms with E-state index < -0.39 is 15.7 Å². The molecule has 0 aliphatic rings.